The summed E-state index contributed by atoms with van der Waals surface area (Å²) in [6.07, 6.45) is 1.04. The molecule has 0 unspecified atom stereocenters. The first-order valence-corrected chi connectivity index (χ1v) is 10.2. The predicted octanol–water partition coefficient (Wildman–Crippen LogP) is 7.11. The number of benzene rings is 4. The molecule has 0 aliphatic carbocycles. The van der Waals surface area contributed by atoms with Crippen molar-refractivity contribution in [2.45, 2.75) is 13.3 Å². The molecule has 4 aromatic carbocycles. The molecule has 0 saturated carbocycles. The third-order valence-corrected chi connectivity index (χ3v) is 5.77. The Morgan fingerprint density at radius 1 is 0.655 bits per heavy atom. The Hall–Kier alpha value is -3.52. The van der Waals surface area contributed by atoms with Crippen LogP contribution >= 0.6 is 0 Å². The second-order valence-corrected chi connectivity index (χ2v) is 7.47. The van der Waals surface area contributed by atoms with E-state index in [0.717, 1.165) is 6.42 Å². The zero-order chi connectivity index (χ0) is 19.8. The first-order chi connectivity index (χ1) is 14.3. The van der Waals surface area contributed by atoms with Crippen molar-refractivity contribution < 1.29 is 0 Å². The molecule has 0 aliphatic heterocycles. The topological polar surface area (TPSA) is 8.17 Å². The highest BCUT2D eigenvalue weighted by Gasteiger charge is 2.14. The van der Waals surface area contributed by atoms with Crippen molar-refractivity contribution in [1.82, 2.24) is 4.57 Å². The zero-order valence-corrected chi connectivity index (χ0v) is 16.8. The summed E-state index contributed by atoms with van der Waals surface area (Å²) in [5, 5.41) is 2.60. The van der Waals surface area contributed by atoms with E-state index in [2.05, 4.69) is 121 Å². The SMILES string of the molecule is CCc1ccc2c(c1)c1cc(N(C)c3ccccc3)ccc1n2-c1ccccc1. The summed E-state index contributed by atoms with van der Waals surface area (Å²) in [7, 11) is 2.13. The summed E-state index contributed by atoms with van der Waals surface area (Å²) in [4.78, 5) is 2.24. The number of anilines is 2. The third-order valence-electron chi connectivity index (χ3n) is 5.77. The van der Waals surface area contributed by atoms with Crippen LogP contribution in [0.3, 0.4) is 0 Å². The number of hydrogen-bond acceptors (Lipinski definition) is 1. The van der Waals surface area contributed by atoms with Gasteiger partial charge in [0.25, 0.3) is 0 Å². The van der Waals surface area contributed by atoms with Gasteiger partial charge in [0.15, 0.2) is 0 Å². The molecular formula is C27H24N2. The van der Waals surface area contributed by atoms with Gasteiger partial charge in [-0.1, -0.05) is 49.4 Å². The van der Waals surface area contributed by atoms with Gasteiger partial charge in [-0.15, -0.1) is 0 Å². The molecule has 1 heterocycles. The third kappa shape index (κ3) is 2.98. The number of fused-ring (bicyclic) bond motifs is 3. The van der Waals surface area contributed by atoms with E-state index >= 15 is 0 Å². The van der Waals surface area contributed by atoms with Gasteiger partial charge >= 0.3 is 0 Å². The summed E-state index contributed by atoms with van der Waals surface area (Å²) >= 11 is 0. The van der Waals surface area contributed by atoms with Crippen LogP contribution in [0, 0.1) is 0 Å². The summed E-state index contributed by atoms with van der Waals surface area (Å²) in [5.74, 6) is 0. The van der Waals surface area contributed by atoms with Crippen LogP contribution in [0.5, 0.6) is 0 Å². The van der Waals surface area contributed by atoms with Gasteiger partial charge in [-0.05, 0) is 66.6 Å². The zero-order valence-electron chi connectivity index (χ0n) is 16.8. The van der Waals surface area contributed by atoms with Crippen LogP contribution in [0.4, 0.5) is 11.4 Å². The molecule has 1 aromatic heterocycles. The van der Waals surface area contributed by atoms with Crippen molar-refractivity contribution in [3.05, 3.63) is 103 Å². The minimum absolute atomic E-state index is 1.04. The lowest BCUT2D eigenvalue weighted by Crippen LogP contribution is -2.08. The van der Waals surface area contributed by atoms with E-state index < -0.39 is 0 Å². The standard InChI is InChI=1S/C27H24N2/c1-3-20-14-16-26-24(18-20)25-19-23(28(2)21-10-6-4-7-11-21)15-17-27(25)29(26)22-12-8-5-9-13-22/h4-19H,3H2,1-2H3. The van der Waals surface area contributed by atoms with Crippen LogP contribution in [0.2, 0.25) is 0 Å². The molecule has 0 bridgehead atoms. The molecule has 0 radical (unpaired) electrons. The molecule has 0 amide bonds. The van der Waals surface area contributed by atoms with E-state index in [4.69, 9.17) is 0 Å². The minimum Gasteiger partial charge on any atom is -0.345 e. The van der Waals surface area contributed by atoms with Crippen molar-refractivity contribution in [3.63, 3.8) is 0 Å². The Morgan fingerprint density at radius 3 is 1.97 bits per heavy atom. The van der Waals surface area contributed by atoms with Crippen LogP contribution in [0.25, 0.3) is 27.5 Å². The summed E-state index contributed by atoms with van der Waals surface area (Å²) in [5.41, 5.74) is 7.44. The Morgan fingerprint density at radius 2 is 1.28 bits per heavy atom. The summed E-state index contributed by atoms with van der Waals surface area (Å²) in [6.45, 7) is 2.21. The van der Waals surface area contributed by atoms with E-state index in [-0.39, 0.29) is 0 Å². The number of nitrogens with zero attached hydrogens (tertiary/aromatic N) is 2. The number of hydrogen-bond donors (Lipinski definition) is 0. The normalized spacial score (nSPS) is 11.2. The molecule has 5 aromatic rings. The van der Waals surface area contributed by atoms with Crippen molar-refractivity contribution in [3.8, 4) is 5.69 Å². The maximum Gasteiger partial charge on any atom is 0.0542 e. The van der Waals surface area contributed by atoms with Gasteiger partial charge in [0.05, 0.1) is 11.0 Å². The second kappa shape index (κ2) is 7.14. The Labute approximate surface area is 171 Å². The van der Waals surface area contributed by atoms with E-state index in [1.807, 2.05) is 0 Å². The molecule has 5 rings (SSSR count). The molecule has 29 heavy (non-hydrogen) atoms. The monoisotopic (exact) mass is 376 g/mol. The number of aromatic nitrogens is 1. The van der Waals surface area contributed by atoms with E-state index in [1.54, 1.807) is 0 Å². The fourth-order valence-electron chi connectivity index (χ4n) is 4.14. The molecule has 0 saturated heterocycles. The van der Waals surface area contributed by atoms with Gasteiger partial charge in [-0.25, -0.2) is 0 Å². The lowest BCUT2D eigenvalue weighted by molar-refractivity contribution is 1.14. The van der Waals surface area contributed by atoms with Crippen molar-refractivity contribution in [2.75, 3.05) is 11.9 Å². The van der Waals surface area contributed by atoms with Gasteiger partial charge in [-0.2, -0.15) is 0 Å². The maximum absolute atomic E-state index is 2.37. The van der Waals surface area contributed by atoms with Crippen molar-refractivity contribution >= 4 is 33.2 Å². The second-order valence-electron chi connectivity index (χ2n) is 7.47. The van der Waals surface area contributed by atoms with Gasteiger partial charge < -0.3 is 9.47 Å². The molecule has 0 fully saturated rings. The Balaban J connectivity index is 1.78. The van der Waals surface area contributed by atoms with Crippen LogP contribution in [0.1, 0.15) is 12.5 Å². The fourth-order valence-corrected chi connectivity index (χ4v) is 4.14. The lowest BCUT2D eigenvalue weighted by Gasteiger charge is -2.19. The first kappa shape index (κ1) is 17.6. The molecule has 2 nitrogen and oxygen atoms in total. The maximum atomic E-state index is 2.37. The molecule has 0 spiro atoms. The average Bonchev–Trinajstić information content (AvgIpc) is 3.12. The molecule has 142 valence electrons. The van der Waals surface area contributed by atoms with Crippen LogP contribution in [-0.2, 0) is 6.42 Å². The van der Waals surface area contributed by atoms with Gasteiger partial charge in [-0.3, -0.25) is 0 Å². The quantitative estimate of drug-likeness (QED) is 0.324. The highest BCUT2D eigenvalue weighted by molar-refractivity contribution is 6.10. The minimum atomic E-state index is 1.04. The van der Waals surface area contributed by atoms with Crippen molar-refractivity contribution in [2.24, 2.45) is 0 Å². The van der Waals surface area contributed by atoms with Crippen LogP contribution < -0.4 is 4.90 Å². The molecular weight excluding hydrogens is 352 g/mol. The van der Waals surface area contributed by atoms with Crippen LogP contribution in [-0.4, -0.2) is 11.6 Å². The highest BCUT2D eigenvalue weighted by atomic mass is 15.1. The van der Waals surface area contributed by atoms with Gasteiger partial charge in [0, 0.05) is 34.9 Å². The predicted molar refractivity (Wildman–Crippen MR) is 125 cm³/mol. The smallest absolute Gasteiger partial charge is 0.0542 e. The average molecular weight is 377 g/mol. The summed E-state index contributed by atoms with van der Waals surface area (Å²) < 4.78 is 2.37. The number of para-hydroxylation sites is 2. The molecule has 2 heteroatoms. The van der Waals surface area contributed by atoms with Gasteiger partial charge in [0.1, 0.15) is 0 Å². The first-order valence-electron chi connectivity index (χ1n) is 10.2. The fraction of sp³-hybridized carbons (Fsp3) is 0.111. The Bertz CT molecular complexity index is 1280. The lowest BCUT2D eigenvalue weighted by atomic mass is 10.1. The molecule has 0 N–H and O–H groups in total. The largest absolute Gasteiger partial charge is 0.345 e. The number of rotatable bonds is 4. The van der Waals surface area contributed by atoms with Crippen molar-refractivity contribution in [1.29, 1.82) is 0 Å². The van der Waals surface area contributed by atoms with Gasteiger partial charge in [0.2, 0.25) is 0 Å². The van der Waals surface area contributed by atoms with E-state index in [1.165, 1.54) is 44.4 Å². The highest BCUT2D eigenvalue weighted by Crippen LogP contribution is 2.36. The summed E-state index contributed by atoms with van der Waals surface area (Å²) in [6, 6.07) is 34.8. The molecule has 0 atom stereocenters. The van der Waals surface area contributed by atoms with E-state index in [0.29, 0.717) is 0 Å². The Kier molecular flexibility index (Phi) is 4.33. The van der Waals surface area contributed by atoms with Crippen LogP contribution in [0.15, 0.2) is 97.1 Å². The van der Waals surface area contributed by atoms with E-state index in [9.17, 15) is 0 Å². The number of aryl methyl sites for hydroxylation is 1. The molecule has 0 aliphatic rings.